The van der Waals surface area contributed by atoms with Crippen LogP contribution in [0.25, 0.3) is 22.1 Å². The maximum absolute atomic E-state index is 12.3. The third-order valence-electron chi connectivity index (χ3n) is 4.23. The monoisotopic (exact) mass is 287 g/mol. The molecular weight excluding hydrogens is 274 g/mol. The Labute approximate surface area is 127 Å². The highest BCUT2D eigenvalue weighted by molar-refractivity contribution is 6.33. The quantitative estimate of drug-likeness (QED) is 0.309. The van der Waals surface area contributed by atoms with Gasteiger partial charge in [0.1, 0.15) is 5.69 Å². The van der Waals surface area contributed by atoms with Gasteiger partial charge in [-0.2, -0.15) is 4.79 Å². The Bertz CT molecular complexity index is 962. The molecule has 1 aliphatic heterocycles. The van der Waals surface area contributed by atoms with Crippen LogP contribution in [0, 0.1) is 0 Å². The van der Waals surface area contributed by atoms with E-state index in [2.05, 4.69) is 16.9 Å². The van der Waals surface area contributed by atoms with Gasteiger partial charge in [-0.25, -0.2) is 0 Å². The van der Waals surface area contributed by atoms with Crippen LogP contribution in [0.2, 0.25) is 0 Å². The lowest BCUT2D eigenvalue weighted by atomic mass is 10.0. The van der Waals surface area contributed by atoms with Crippen molar-refractivity contribution >= 4 is 22.9 Å². The van der Waals surface area contributed by atoms with Crippen molar-refractivity contribution in [2.45, 2.75) is 12.8 Å². The Hall–Kier alpha value is -2.97. The summed E-state index contributed by atoms with van der Waals surface area (Å²) in [6.07, 6.45) is 2.84. The molecule has 0 saturated heterocycles. The fourth-order valence-electron chi connectivity index (χ4n) is 3.29. The lowest BCUT2D eigenvalue weighted by Gasteiger charge is -2.11. The number of carbonyl (C=O) groups is 1. The number of ketones is 1. The van der Waals surface area contributed by atoms with Crippen molar-refractivity contribution in [1.29, 1.82) is 0 Å². The number of carbonyl (C=O) groups excluding carboxylic acids is 1. The van der Waals surface area contributed by atoms with Crippen LogP contribution in [0.4, 0.5) is 0 Å². The Morgan fingerprint density at radius 1 is 1.09 bits per heavy atom. The molecule has 3 aromatic rings. The van der Waals surface area contributed by atoms with Gasteiger partial charge in [0.05, 0.1) is 5.52 Å². The average Bonchev–Trinajstić information content (AvgIpc) is 2.84. The van der Waals surface area contributed by atoms with Gasteiger partial charge < -0.3 is 10.1 Å². The maximum atomic E-state index is 12.3. The lowest BCUT2D eigenvalue weighted by Crippen LogP contribution is -2.10. The molecule has 0 saturated carbocycles. The van der Waals surface area contributed by atoms with E-state index in [1.165, 1.54) is 11.1 Å². The summed E-state index contributed by atoms with van der Waals surface area (Å²) in [6, 6.07) is 16.1. The number of nitrogens with zero attached hydrogens (tertiary/aromatic N) is 3. The molecule has 0 radical (unpaired) electrons. The predicted molar refractivity (Wildman–Crippen MR) is 84.7 cm³/mol. The SMILES string of the molecule is [N-]=[N+]=CC(=O)c1cc2cccc3c2n1-c1ccccc1CC3. The van der Waals surface area contributed by atoms with Crippen LogP contribution in [0.5, 0.6) is 0 Å². The topological polar surface area (TPSA) is 58.4 Å². The first kappa shape index (κ1) is 12.7. The first-order valence-corrected chi connectivity index (χ1v) is 7.23. The predicted octanol–water partition coefficient (Wildman–Crippen LogP) is 3.21. The highest BCUT2D eigenvalue weighted by Gasteiger charge is 2.23. The second kappa shape index (κ2) is 4.79. The number of hydrogen-bond acceptors (Lipinski definition) is 1. The number of rotatable bonds is 2. The zero-order chi connectivity index (χ0) is 15.1. The van der Waals surface area contributed by atoms with Gasteiger partial charge in [0.2, 0.25) is 0 Å². The third kappa shape index (κ3) is 1.75. The smallest absolute Gasteiger partial charge is 0.329 e. The number of aryl methyl sites for hydroxylation is 2. The first-order chi connectivity index (χ1) is 10.8. The van der Waals surface area contributed by atoms with Gasteiger partial charge in [0, 0.05) is 11.1 Å². The van der Waals surface area contributed by atoms with Crippen molar-refractivity contribution in [1.82, 2.24) is 4.57 Å². The van der Waals surface area contributed by atoms with Crippen LogP contribution in [-0.2, 0) is 12.8 Å². The van der Waals surface area contributed by atoms with Gasteiger partial charge in [-0.15, -0.1) is 0 Å². The summed E-state index contributed by atoms with van der Waals surface area (Å²) in [7, 11) is 0. The van der Waals surface area contributed by atoms with E-state index in [0.29, 0.717) is 5.69 Å². The summed E-state index contributed by atoms with van der Waals surface area (Å²) >= 11 is 0. The molecule has 2 aromatic carbocycles. The van der Waals surface area contributed by atoms with Crippen molar-refractivity contribution in [2.24, 2.45) is 0 Å². The number of fused-ring (bicyclic) bond motifs is 2. The van der Waals surface area contributed by atoms with Crippen LogP contribution >= 0.6 is 0 Å². The molecule has 1 aromatic heterocycles. The van der Waals surface area contributed by atoms with E-state index in [0.717, 1.165) is 35.6 Å². The minimum absolute atomic E-state index is 0.304. The maximum Gasteiger partial charge on any atom is 0.329 e. The van der Waals surface area contributed by atoms with E-state index in [-0.39, 0.29) is 5.78 Å². The Morgan fingerprint density at radius 3 is 2.73 bits per heavy atom. The number of Topliss-reactive ketones (excluding diaryl/α,β-unsaturated/α-hetero) is 1. The highest BCUT2D eigenvalue weighted by Crippen LogP contribution is 2.32. The normalized spacial score (nSPS) is 12.4. The summed E-state index contributed by atoms with van der Waals surface area (Å²) in [5.74, 6) is -0.304. The molecule has 0 atom stereocenters. The van der Waals surface area contributed by atoms with Gasteiger partial charge in [-0.3, -0.25) is 4.79 Å². The summed E-state index contributed by atoms with van der Waals surface area (Å²) in [4.78, 5) is 15.2. The average molecular weight is 287 g/mol. The van der Waals surface area contributed by atoms with Crippen LogP contribution in [0.3, 0.4) is 0 Å². The van der Waals surface area contributed by atoms with Crippen LogP contribution in [0.1, 0.15) is 21.6 Å². The second-order valence-electron chi connectivity index (χ2n) is 5.46. The van der Waals surface area contributed by atoms with Crippen molar-refractivity contribution in [3.63, 3.8) is 0 Å². The summed E-state index contributed by atoms with van der Waals surface area (Å²) < 4.78 is 2.00. The molecule has 106 valence electrons. The van der Waals surface area contributed by atoms with Crippen molar-refractivity contribution in [3.8, 4) is 5.69 Å². The molecule has 0 amide bonds. The Kier molecular flexibility index (Phi) is 2.78. The molecule has 1 aliphatic rings. The molecule has 0 spiro atoms. The second-order valence-corrected chi connectivity index (χ2v) is 5.46. The van der Waals surface area contributed by atoms with Crippen molar-refractivity contribution in [3.05, 3.63) is 70.9 Å². The largest absolute Gasteiger partial charge is 0.361 e. The molecular formula is C18H13N3O. The molecule has 4 nitrogen and oxygen atoms in total. The van der Waals surface area contributed by atoms with E-state index in [1.54, 1.807) is 0 Å². The summed E-state index contributed by atoms with van der Waals surface area (Å²) in [5.41, 5.74) is 13.8. The molecule has 0 fully saturated rings. The number of hydrogen-bond donors (Lipinski definition) is 0. The van der Waals surface area contributed by atoms with E-state index in [1.807, 2.05) is 41.0 Å². The summed E-state index contributed by atoms with van der Waals surface area (Å²) in [5, 5.41) is 1.03. The highest BCUT2D eigenvalue weighted by atomic mass is 16.1. The molecule has 2 heterocycles. The molecule has 0 bridgehead atoms. The van der Waals surface area contributed by atoms with Gasteiger partial charge >= 0.3 is 6.21 Å². The van der Waals surface area contributed by atoms with Gasteiger partial charge in [-0.05, 0) is 36.1 Å². The van der Waals surface area contributed by atoms with Crippen LogP contribution < -0.4 is 0 Å². The summed E-state index contributed by atoms with van der Waals surface area (Å²) in [6.45, 7) is 0. The van der Waals surface area contributed by atoms with Crippen LogP contribution in [-0.4, -0.2) is 21.4 Å². The molecule has 0 unspecified atom stereocenters. The van der Waals surface area contributed by atoms with Gasteiger partial charge in [0.25, 0.3) is 5.78 Å². The standard InChI is InChI=1S/C18H13N3O/c19-20-11-17(22)16-10-14-6-3-5-13-9-8-12-4-1-2-7-15(12)21(16)18(13)14/h1-7,10-11H,8-9H2. The van der Waals surface area contributed by atoms with E-state index >= 15 is 0 Å². The lowest BCUT2D eigenvalue weighted by molar-refractivity contribution is 0.00228. The Morgan fingerprint density at radius 2 is 1.86 bits per heavy atom. The van der Waals surface area contributed by atoms with Crippen molar-refractivity contribution < 1.29 is 9.58 Å². The van der Waals surface area contributed by atoms with E-state index < -0.39 is 0 Å². The molecule has 4 heteroatoms. The number of benzene rings is 2. The van der Waals surface area contributed by atoms with E-state index in [9.17, 15) is 4.79 Å². The molecule has 0 aliphatic carbocycles. The zero-order valence-electron chi connectivity index (χ0n) is 11.9. The van der Waals surface area contributed by atoms with Gasteiger partial charge in [-0.1, -0.05) is 36.4 Å². The number of aromatic nitrogens is 1. The fraction of sp³-hybridized carbons (Fsp3) is 0.111. The first-order valence-electron chi connectivity index (χ1n) is 7.23. The zero-order valence-corrected chi connectivity index (χ0v) is 11.9. The van der Waals surface area contributed by atoms with Gasteiger partial charge in [0.15, 0.2) is 0 Å². The minimum Gasteiger partial charge on any atom is -0.361 e. The molecule has 0 N–H and O–H groups in total. The third-order valence-corrected chi connectivity index (χ3v) is 4.23. The van der Waals surface area contributed by atoms with E-state index in [4.69, 9.17) is 5.53 Å². The van der Waals surface area contributed by atoms with Crippen molar-refractivity contribution in [2.75, 3.05) is 0 Å². The molecule has 22 heavy (non-hydrogen) atoms. The molecule has 4 rings (SSSR count). The Balaban J connectivity index is 2.15. The van der Waals surface area contributed by atoms with Crippen LogP contribution in [0.15, 0.2) is 48.5 Å². The minimum atomic E-state index is -0.304. The fourth-order valence-corrected chi connectivity index (χ4v) is 3.29. The number of para-hydroxylation sites is 2.